The Hall–Kier alpha value is -1.83. The second kappa shape index (κ2) is 5.91. The Bertz CT molecular complexity index is 756. The van der Waals surface area contributed by atoms with Crippen LogP contribution in [0.5, 0.6) is 0 Å². The summed E-state index contributed by atoms with van der Waals surface area (Å²) in [6.07, 6.45) is -3.65. The average Bonchev–Trinajstić information content (AvgIpc) is 2.92. The van der Waals surface area contributed by atoms with Gasteiger partial charge in [0.05, 0.1) is 16.6 Å². The van der Waals surface area contributed by atoms with Crippen molar-refractivity contribution in [1.82, 2.24) is 19.7 Å². The summed E-state index contributed by atoms with van der Waals surface area (Å²) in [6.45, 7) is 7.22. The molecule has 0 saturated carbocycles. The molecule has 0 fully saturated rings. The van der Waals surface area contributed by atoms with Gasteiger partial charge < -0.3 is 9.47 Å². The summed E-state index contributed by atoms with van der Waals surface area (Å²) in [5.41, 5.74) is -0.855. The molecule has 3 rings (SSSR count). The molecule has 0 aromatic carbocycles. The first kappa shape index (κ1) is 17.0. The molecule has 0 bridgehead atoms. The maximum absolute atomic E-state index is 12.8. The number of pyridine rings is 1. The van der Waals surface area contributed by atoms with Gasteiger partial charge in [-0.2, -0.15) is 13.2 Å². The van der Waals surface area contributed by atoms with Gasteiger partial charge in [-0.05, 0) is 13.0 Å². The lowest BCUT2D eigenvalue weighted by atomic mass is 10.1. The van der Waals surface area contributed by atoms with Gasteiger partial charge in [0.25, 0.3) is 0 Å². The zero-order valence-corrected chi connectivity index (χ0v) is 14.2. The third-order valence-corrected chi connectivity index (χ3v) is 4.43. The van der Waals surface area contributed by atoms with Crippen LogP contribution in [0.3, 0.4) is 0 Å². The average molecular weight is 360 g/mol. The molecule has 24 heavy (non-hydrogen) atoms. The first-order valence-corrected chi connectivity index (χ1v) is 8.00. The van der Waals surface area contributed by atoms with Gasteiger partial charge in [0.15, 0.2) is 5.82 Å². The van der Waals surface area contributed by atoms with E-state index >= 15 is 0 Å². The minimum Gasteiger partial charge on any atom is -0.344 e. The van der Waals surface area contributed by atoms with Crippen LogP contribution in [0.15, 0.2) is 12.3 Å². The fourth-order valence-electron chi connectivity index (χ4n) is 2.92. The van der Waals surface area contributed by atoms with Crippen LogP contribution in [0.2, 0.25) is 5.02 Å². The Morgan fingerprint density at radius 1 is 1.25 bits per heavy atom. The quantitative estimate of drug-likeness (QED) is 0.811. The van der Waals surface area contributed by atoms with Crippen LogP contribution < -0.4 is 4.90 Å². The van der Waals surface area contributed by atoms with E-state index in [9.17, 15) is 13.2 Å². The molecule has 2 aromatic heterocycles. The number of alkyl halides is 3. The first-order chi connectivity index (χ1) is 11.2. The normalized spacial score (nSPS) is 18.2. The molecule has 3 heterocycles. The third-order valence-electron chi connectivity index (χ3n) is 4.15. The number of anilines is 1. The van der Waals surface area contributed by atoms with Crippen molar-refractivity contribution in [2.24, 2.45) is 0 Å². The molecular formula is C15H17ClF3N5. The van der Waals surface area contributed by atoms with Crippen molar-refractivity contribution < 1.29 is 13.2 Å². The second-order valence-corrected chi connectivity index (χ2v) is 6.53. The Kier molecular flexibility index (Phi) is 4.19. The highest BCUT2D eigenvalue weighted by molar-refractivity contribution is 6.33. The lowest BCUT2D eigenvalue weighted by Gasteiger charge is -2.35. The van der Waals surface area contributed by atoms with Gasteiger partial charge in [-0.1, -0.05) is 25.4 Å². The van der Waals surface area contributed by atoms with E-state index in [0.717, 1.165) is 23.9 Å². The molecule has 0 spiro atoms. The van der Waals surface area contributed by atoms with E-state index in [0.29, 0.717) is 18.9 Å². The summed E-state index contributed by atoms with van der Waals surface area (Å²) in [7, 11) is 0. The molecule has 1 aliphatic rings. The molecule has 2 aromatic rings. The van der Waals surface area contributed by atoms with Crippen LogP contribution >= 0.6 is 11.6 Å². The zero-order valence-electron chi connectivity index (χ0n) is 13.5. The second-order valence-electron chi connectivity index (χ2n) is 6.12. The minimum absolute atomic E-state index is 0.0197. The highest BCUT2D eigenvalue weighted by Gasteiger charge is 2.34. The van der Waals surface area contributed by atoms with Crippen LogP contribution in [-0.2, 0) is 12.7 Å². The van der Waals surface area contributed by atoms with E-state index in [1.54, 1.807) is 0 Å². The fourth-order valence-corrected chi connectivity index (χ4v) is 3.20. The van der Waals surface area contributed by atoms with Crippen molar-refractivity contribution in [2.75, 3.05) is 11.4 Å². The van der Waals surface area contributed by atoms with Gasteiger partial charge in [-0.25, -0.2) is 4.98 Å². The molecule has 1 aliphatic heterocycles. The third kappa shape index (κ3) is 2.83. The van der Waals surface area contributed by atoms with Crippen molar-refractivity contribution in [3.8, 4) is 0 Å². The molecule has 0 aliphatic carbocycles. The minimum atomic E-state index is -4.46. The Morgan fingerprint density at radius 3 is 2.54 bits per heavy atom. The standard InChI is InChI=1S/C15H17ClF3N5/c1-8(2)12-21-22-13-9(3)23(4-5-24(12)13)14-11(16)6-10(7-20-14)15(17,18)19/h6-9H,4-5H2,1-3H3. The number of hydrogen-bond donors (Lipinski definition) is 0. The van der Waals surface area contributed by atoms with Crippen LogP contribution in [0.1, 0.15) is 49.9 Å². The molecule has 0 radical (unpaired) electrons. The van der Waals surface area contributed by atoms with E-state index in [1.807, 2.05) is 25.7 Å². The highest BCUT2D eigenvalue weighted by Crippen LogP contribution is 2.37. The van der Waals surface area contributed by atoms with Crippen molar-refractivity contribution in [1.29, 1.82) is 0 Å². The van der Waals surface area contributed by atoms with Crippen LogP contribution in [0.4, 0.5) is 19.0 Å². The molecule has 0 amide bonds. The van der Waals surface area contributed by atoms with Gasteiger partial charge in [0.1, 0.15) is 11.6 Å². The number of fused-ring (bicyclic) bond motifs is 1. The highest BCUT2D eigenvalue weighted by atomic mass is 35.5. The van der Waals surface area contributed by atoms with E-state index in [2.05, 4.69) is 19.7 Å². The number of rotatable bonds is 2. The summed E-state index contributed by atoms with van der Waals surface area (Å²) in [5.74, 6) is 2.25. The molecular weight excluding hydrogens is 343 g/mol. The summed E-state index contributed by atoms with van der Waals surface area (Å²) in [6, 6.07) is 0.732. The van der Waals surface area contributed by atoms with Gasteiger partial charge in [-0.3, -0.25) is 0 Å². The number of aromatic nitrogens is 4. The molecule has 130 valence electrons. The topological polar surface area (TPSA) is 46.8 Å². The monoisotopic (exact) mass is 359 g/mol. The first-order valence-electron chi connectivity index (χ1n) is 7.62. The van der Waals surface area contributed by atoms with Gasteiger partial charge in [0.2, 0.25) is 0 Å². The smallest absolute Gasteiger partial charge is 0.344 e. The fraction of sp³-hybridized carbons (Fsp3) is 0.533. The number of hydrogen-bond acceptors (Lipinski definition) is 4. The number of nitrogens with zero attached hydrogens (tertiary/aromatic N) is 5. The maximum atomic E-state index is 12.8. The van der Waals surface area contributed by atoms with Crippen LogP contribution in [0, 0.1) is 0 Å². The SMILES string of the molecule is CC(C)c1nnc2n1CCN(c1ncc(C(F)(F)F)cc1Cl)C2C. The van der Waals surface area contributed by atoms with E-state index in [1.165, 1.54) is 0 Å². The van der Waals surface area contributed by atoms with Crippen LogP contribution in [-0.4, -0.2) is 26.3 Å². The van der Waals surface area contributed by atoms with E-state index < -0.39 is 11.7 Å². The summed E-state index contributed by atoms with van der Waals surface area (Å²) >= 11 is 6.07. The summed E-state index contributed by atoms with van der Waals surface area (Å²) in [5, 5.41) is 8.45. The predicted octanol–water partition coefficient (Wildman–Crippen LogP) is 4.05. The van der Waals surface area contributed by atoms with E-state index in [-0.39, 0.29) is 17.0 Å². The molecule has 9 heteroatoms. The van der Waals surface area contributed by atoms with Gasteiger partial charge in [0, 0.05) is 25.2 Å². The van der Waals surface area contributed by atoms with Gasteiger partial charge >= 0.3 is 6.18 Å². The lowest BCUT2D eigenvalue weighted by Crippen LogP contribution is -2.38. The molecule has 1 unspecified atom stereocenters. The number of halogens is 4. The molecule has 1 atom stereocenters. The van der Waals surface area contributed by atoms with Crippen molar-refractivity contribution in [2.45, 2.75) is 45.5 Å². The van der Waals surface area contributed by atoms with Crippen molar-refractivity contribution in [3.63, 3.8) is 0 Å². The van der Waals surface area contributed by atoms with E-state index in [4.69, 9.17) is 11.6 Å². The molecule has 0 N–H and O–H groups in total. The van der Waals surface area contributed by atoms with Crippen molar-refractivity contribution >= 4 is 17.4 Å². The summed E-state index contributed by atoms with van der Waals surface area (Å²) in [4.78, 5) is 5.81. The predicted molar refractivity (Wildman–Crippen MR) is 84.1 cm³/mol. The Balaban J connectivity index is 1.94. The molecule has 5 nitrogen and oxygen atoms in total. The molecule has 0 saturated heterocycles. The zero-order chi connectivity index (χ0) is 17.6. The Labute approximate surface area is 142 Å². The Morgan fingerprint density at radius 2 is 1.96 bits per heavy atom. The maximum Gasteiger partial charge on any atom is 0.417 e. The summed E-state index contributed by atoms with van der Waals surface area (Å²) < 4.78 is 40.3. The lowest BCUT2D eigenvalue weighted by molar-refractivity contribution is -0.137. The van der Waals surface area contributed by atoms with Crippen molar-refractivity contribution in [3.05, 3.63) is 34.5 Å². The van der Waals surface area contributed by atoms with Gasteiger partial charge in [-0.15, -0.1) is 10.2 Å². The van der Waals surface area contributed by atoms with Crippen LogP contribution in [0.25, 0.3) is 0 Å². The largest absolute Gasteiger partial charge is 0.417 e.